The maximum Gasteiger partial charge on any atom is 0.161 e. The number of hydrogen-bond acceptors (Lipinski definition) is 7. The summed E-state index contributed by atoms with van der Waals surface area (Å²) in [5.74, 6) is 3.17. The van der Waals surface area contributed by atoms with Crippen molar-refractivity contribution in [1.82, 2.24) is 14.5 Å². The van der Waals surface area contributed by atoms with E-state index in [1.54, 1.807) is 13.3 Å². The molecule has 0 radical (unpaired) electrons. The van der Waals surface area contributed by atoms with Crippen LogP contribution in [0.1, 0.15) is 40.9 Å². The molecular formula is C30H41N3O5. The monoisotopic (exact) mass is 523 g/mol. The minimum atomic E-state index is -1.36. The van der Waals surface area contributed by atoms with Gasteiger partial charge in [0.2, 0.25) is 0 Å². The second-order valence-corrected chi connectivity index (χ2v) is 10.4. The zero-order valence-corrected chi connectivity index (χ0v) is 23.2. The first-order chi connectivity index (χ1) is 18.2. The third kappa shape index (κ3) is 6.49. The lowest BCUT2D eigenvalue weighted by Gasteiger charge is -2.42. The Kier molecular flexibility index (Phi) is 8.97. The van der Waals surface area contributed by atoms with Crippen LogP contribution in [0.5, 0.6) is 17.2 Å². The quantitative estimate of drug-likeness (QED) is 0.368. The van der Waals surface area contributed by atoms with Crippen LogP contribution in [-0.4, -0.2) is 69.8 Å². The average molecular weight is 524 g/mol. The fourth-order valence-electron chi connectivity index (χ4n) is 5.01. The van der Waals surface area contributed by atoms with Crippen molar-refractivity contribution in [3.63, 3.8) is 0 Å². The summed E-state index contributed by atoms with van der Waals surface area (Å²) in [5, 5.41) is 22.1. The van der Waals surface area contributed by atoms with Crippen LogP contribution in [0.4, 0.5) is 0 Å². The zero-order valence-electron chi connectivity index (χ0n) is 23.2. The standard InChI is InChI=1S/C30H41N3O5/c1-21-7-8-22(2)29(23(21)3)38-20-30(35)19-32(14-11-28(30)34)18-25-9-10-26(27(17-25)36-5)37-16-6-13-33-15-12-31-24(33)4/h7-10,12,15,17,28,34-35H,6,11,13-14,16,18-20H2,1-5H3/t28-,30-/m0/s1. The Balaban J connectivity index is 1.35. The number of aromatic nitrogens is 2. The molecule has 1 fully saturated rings. The molecule has 0 aliphatic carbocycles. The molecule has 0 saturated carbocycles. The molecule has 0 unspecified atom stereocenters. The molecule has 8 nitrogen and oxygen atoms in total. The molecule has 2 heterocycles. The maximum atomic E-state index is 11.4. The van der Waals surface area contributed by atoms with E-state index in [9.17, 15) is 10.2 Å². The number of likely N-dealkylation sites (tertiary alicyclic amines) is 1. The lowest BCUT2D eigenvalue weighted by atomic mass is 9.90. The van der Waals surface area contributed by atoms with Crippen molar-refractivity contribution in [3.8, 4) is 17.2 Å². The molecule has 2 atom stereocenters. The highest BCUT2D eigenvalue weighted by molar-refractivity contribution is 5.45. The Hall–Kier alpha value is -3.07. The zero-order chi connectivity index (χ0) is 27.3. The topological polar surface area (TPSA) is 89.2 Å². The number of hydrogen-bond donors (Lipinski definition) is 2. The predicted octanol–water partition coefficient (Wildman–Crippen LogP) is 3.97. The van der Waals surface area contributed by atoms with Crippen molar-refractivity contribution in [2.24, 2.45) is 0 Å². The van der Waals surface area contributed by atoms with Crippen molar-refractivity contribution < 1.29 is 24.4 Å². The van der Waals surface area contributed by atoms with Gasteiger partial charge >= 0.3 is 0 Å². The van der Waals surface area contributed by atoms with Gasteiger partial charge < -0.3 is 29.0 Å². The number of aryl methyl sites for hydroxylation is 4. The van der Waals surface area contributed by atoms with E-state index in [-0.39, 0.29) is 6.61 Å². The first-order valence-corrected chi connectivity index (χ1v) is 13.3. The second-order valence-electron chi connectivity index (χ2n) is 10.4. The largest absolute Gasteiger partial charge is 0.493 e. The fraction of sp³-hybridized carbons (Fsp3) is 0.500. The Labute approximate surface area is 225 Å². The SMILES string of the molecule is COc1cc(CN2CC[C@H](O)[C@@](O)(COc3c(C)ccc(C)c3C)C2)ccc1OCCCn1ccnc1C. The van der Waals surface area contributed by atoms with Crippen LogP contribution in [0.25, 0.3) is 0 Å². The summed E-state index contributed by atoms with van der Waals surface area (Å²) in [6.45, 7) is 11.1. The smallest absolute Gasteiger partial charge is 0.161 e. The van der Waals surface area contributed by atoms with E-state index in [0.717, 1.165) is 46.8 Å². The summed E-state index contributed by atoms with van der Waals surface area (Å²) in [6.07, 6.45) is 4.27. The van der Waals surface area contributed by atoms with Gasteiger partial charge in [-0.3, -0.25) is 4.90 Å². The highest BCUT2D eigenvalue weighted by Gasteiger charge is 2.42. The molecular weight excluding hydrogens is 482 g/mol. The van der Waals surface area contributed by atoms with Crippen molar-refractivity contribution in [2.75, 3.05) is 33.4 Å². The van der Waals surface area contributed by atoms with Crippen molar-refractivity contribution in [3.05, 3.63) is 70.8 Å². The molecule has 206 valence electrons. The first kappa shape index (κ1) is 28.0. The van der Waals surface area contributed by atoms with Gasteiger partial charge in [0.1, 0.15) is 23.8 Å². The molecule has 1 aromatic heterocycles. The van der Waals surface area contributed by atoms with Crippen molar-refractivity contribution in [1.29, 1.82) is 0 Å². The Bertz CT molecular complexity index is 1230. The molecule has 2 N–H and O–H groups in total. The number of benzene rings is 2. The van der Waals surface area contributed by atoms with E-state index in [1.165, 1.54) is 0 Å². The van der Waals surface area contributed by atoms with Gasteiger partial charge in [-0.2, -0.15) is 0 Å². The number of β-amino-alcohol motifs (C(OH)–C–C–N with tert-alkyl or cyclic N) is 1. The van der Waals surface area contributed by atoms with Crippen LogP contribution in [0.15, 0.2) is 42.7 Å². The molecule has 1 aliphatic heterocycles. The summed E-state index contributed by atoms with van der Waals surface area (Å²) < 4.78 is 19.8. The Morgan fingerprint density at radius 3 is 2.58 bits per heavy atom. The summed E-state index contributed by atoms with van der Waals surface area (Å²) in [5.41, 5.74) is 2.90. The lowest BCUT2D eigenvalue weighted by Crippen LogP contribution is -2.59. The number of aliphatic hydroxyl groups excluding tert-OH is 1. The molecule has 2 aromatic carbocycles. The van der Waals surface area contributed by atoms with Crippen LogP contribution < -0.4 is 14.2 Å². The summed E-state index contributed by atoms with van der Waals surface area (Å²) in [6, 6.07) is 10.0. The molecule has 1 aliphatic rings. The summed E-state index contributed by atoms with van der Waals surface area (Å²) in [7, 11) is 1.64. The number of aliphatic hydroxyl groups is 2. The third-order valence-corrected chi connectivity index (χ3v) is 7.54. The Morgan fingerprint density at radius 2 is 1.84 bits per heavy atom. The van der Waals surface area contributed by atoms with Crippen LogP contribution in [-0.2, 0) is 13.1 Å². The number of nitrogens with zero attached hydrogens (tertiary/aromatic N) is 3. The van der Waals surface area contributed by atoms with E-state index < -0.39 is 11.7 Å². The van der Waals surface area contributed by atoms with Crippen molar-refractivity contribution >= 4 is 0 Å². The van der Waals surface area contributed by atoms with Gasteiger partial charge in [0.15, 0.2) is 11.5 Å². The number of piperidine rings is 1. The molecule has 0 amide bonds. The van der Waals surface area contributed by atoms with Gasteiger partial charge in [-0.1, -0.05) is 18.2 Å². The number of rotatable bonds is 11. The third-order valence-electron chi connectivity index (χ3n) is 7.54. The van der Waals surface area contributed by atoms with E-state index in [2.05, 4.69) is 20.5 Å². The van der Waals surface area contributed by atoms with Crippen molar-refractivity contribution in [2.45, 2.75) is 65.3 Å². The molecule has 0 spiro atoms. The Morgan fingerprint density at radius 1 is 1.05 bits per heavy atom. The van der Waals surface area contributed by atoms with E-state index in [1.807, 2.05) is 58.2 Å². The van der Waals surface area contributed by atoms with Crippen LogP contribution in [0.3, 0.4) is 0 Å². The molecule has 8 heteroatoms. The number of imidazole rings is 1. The highest BCUT2D eigenvalue weighted by atomic mass is 16.5. The predicted molar refractivity (Wildman–Crippen MR) is 147 cm³/mol. The molecule has 0 bridgehead atoms. The van der Waals surface area contributed by atoms with Gasteiger partial charge in [-0.25, -0.2) is 4.98 Å². The minimum Gasteiger partial charge on any atom is -0.493 e. The molecule has 1 saturated heterocycles. The fourth-order valence-corrected chi connectivity index (χ4v) is 5.01. The highest BCUT2D eigenvalue weighted by Crippen LogP contribution is 2.31. The van der Waals surface area contributed by atoms with Gasteiger partial charge in [0.25, 0.3) is 0 Å². The second kappa shape index (κ2) is 12.2. The van der Waals surface area contributed by atoms with Crippen LogP contribution in [0, 0.1) is 27.7 Å². The van der Waals surface area contributed by atoms with E-state index in [0.29, 0.717) is 44.2 Å². The summed E-state index contributed by atoms with van der Waals surface area (Å²) in [4.78, 5) is 6.39. The average Bonchev–Trinajstić information content (AvgIpc) is 3.31. The first-order valence-electron chi connectivity index (χ1n) is 13.3. The minimum absolute atomic E-state index is 0.0322. The number of methoxy groups -OCH3 is 1. The number of ether oxygens (including phenoxy) is 3. The summed E-state index contributed by atoms with van der Waals surface area (Å²) >= 11 is 0. The van der Waals surface area contributed by atoms with Crippen LogP contribution in [0.2, 0.25) is 0 Å². The molecule has 4 rings (SSSR count). The maximum absolute atomic E-state index is 11.4. The van der Waals surface area contributed by atoms with Gasteiger partial charge in [-0.05, 0) is 74.9 Å². The van der Waals surface area contributed by atoms with E-state index >= 15 is 0 Å². The van der Waals surface area contributed by atoms with Gasteiger partial charge in [0.05, 0.1) is 19.8 Å². The van der Waals surface area contributed by atoms with Crippen LogP contribution >= 0.6 is 0 Å². The van der Waals surface area contributed by atoms with Gasteiger partial charge in [0, 0.05) is 38.6 Å². The molecule has 38 heavy (non-hydrogen) atoms. The molecule has 3 aromatic rings. The lowest BCUT2D eigenvalue weighted by molar-refractivity contribution is -0.140. The van der Waals surface area contributed by atoms with Gasteiger partial charge in [-0.15, -0.1) is 0 Å². The normalized spacial score (nSPS) is 19.9. The van der Waals surface area contributed by atoms with E-state index in [4.69, 9.17) is 14.2 Å².